The summed E-state index contributed by atoms with van der Waals surface area (Å²) >= 11 is 5.82. The van der Waals surface area contributed by atoms with Crippen LogP contribution in [0.2, 0.25) is 5.02 Å². The molecule has 0 heterocycles. The summed E-state index contributed by atoms with van der Waals surface area (Å²) in [5.41, 5.74) is 1.23. The van der Waals surface area contributed by atoms with Crippen LogP contribution in [0.3, 0.4) is 0 Å². The molecule has 180 valence electrons. The summed E-state index contributed by atoms with van der Waals surface area (Å²) in [5, 5.41) is 3.35. The molecule has 0 aromatic heterocycles. The molecule has 1 atom stereocenters. The van der Waals surface area contributed by atoms with E-state index in [4.69, 9.17) is 25.8 Å². The topological polar surface area (TPSA) is 103 Å². The minimum Gasteiger partial charge on any atom is -0.493 e. The predicted octanol–water partition coefficient (Wildman–Crippen LogP) is 4.41. The standard InChI is InChI=1S/C24H25ClN2O6S/c1-16(17-4-13-22(31-2)23(14-17)32-3)26-24(28)15-33-20-9-11-21(12-10-20)34(29,30)27-19-7-5-18(25)6-8-19/h4-14,16,27H,15H2,1-3H3,(H,26,28)/t16-/m1/s1. The van der Waals surface area contributed by atoms with E-state index in [1.165, 1.54) is 24.3 Å². The van der Waals surface area contributed by atoms with Gasteiger partial charge in [0.1, 0.15) is 5.75 Å². The molecule has 1 amide bonds. The minimum atomic E-state index is -3.78. The number of hydrogen-bond acceptors (Lipinski definition) is 6. The number of hydrogen-bond donors (Lipinski definition) is 2. The molecule has 0 radical (unpaired) electrons. The van der Waals surface area contributed by atoms with Gasteiger partial charge in [0.05, 0.1) is 25.2 Å². The molecule has 0 spiro atoms. The van der Waals surface area contributed by atoms with E-state index in [0.29, 0.717) is 28.0 Å². The lowest BCUT2D eigenvalue weighted by Crippen LogP contribution is -2.31. The van der Waals surface area contributed by atoms with Gasteiger partial charge < -0.3 is 19.5 Å². The van der Waals surface area contributed by atoms with E-state index < -0.39 is 10.0 Å². The zero-order valence-electron chi connectivity index (χ0n) is 18.9. The maximum atomic E-state index is 12.5. The molecular weight excluding hydrogens is 480 g/mol. The third-order valence-electron chi connectivity index (χ3n) is 4.89. The number of methoxy groups -OCH3 is 2. The van der Waals surface area contributed by atoms with Crippen LogP contribution in [0.1, 0.15) is 18.5 Å². The van der Waals surface area contributed by atoms with E-state index in [2.05, 4.69) is 10.0 Å². The van der Waals surface area contributed by atoms with Crippen molar-refractivity contribution in [2.45, 2.75) is 17.9 Å². The summed E-state index contributed by atoms with van der Waals surface area (Å²) in [6.45, 7) is 1.61. The van der Waals surface area contributed by atoms with Gasteiger partial charge in [-0.1, -0.05) is 17.7 Å². The normalized spacial score (nSPS) is 11.9. The van der Waals surface area contributed by atoms with Gasteiger partial charge in [0, 0.05) is 10.7 Å². The molecule has 3 rings (SSSR count). The van der Waals surface area contributed by atoms with Crippen molar-refractivity contribution in [2.24, 2.45) is 0 Å². The lowest BCUT2D eigenvalue weighted by atomic mass is 10.1. The molecule has 8 nitrogen and oxygen atoms in total. The minimum absolute atomic E-state index is 0.0568. The molecule has 3 aromatic carbocycles. The van der Waals surface area contributed by atoms with Crippen molar-refractivity contribution in [3.05, 3.63) is 77.3 Å². The number of ether oxygens (including phenoxy) is 3. The van der Waals surface area contributed by atoms with Gasteiger partial charge in [-0.05, 0) is 73.2 Å². The molecule has 3 aromatic rings. The quantitative estimate of drug-likeness (QED) is 0.424. The largest absolute Gasteiger partial charge is 0.493 e. The molecule has 0 saturated heterocycles. The zero-order valence-corrected chi connectivity index (χ0v) is 20.4. The number of carbonyl (C=O) groups excluding carboxylic acids is 1. The van der Waals surface area contributed by atoms with Crippen molar-refractivity contribution in [2.75, 3.05) is 25.5 Å². The average molecular weight is 505 g/mol. The van der Waals surface area contributed by atoms with Crippen molar-refractivity contribution < 1.29 is 27.4 Å². The molecular formula is C24H25ClN2O6S. The van der Waals surface area contributed by atoms with E-state index in [1.54, 1.807) is 50.6 Å². The fourth-order valence-corrected chi connectivity index (χ4v) is 4.27. The maximum absolute atomic E-state index is 12.5. The SMILES string of the molecule is COc1ccc([C@@H](C)NC(=O)COc2ccc(S(=O)(=O)Nc3ccc(Cl)cc3)cc2)cc1OC. The highest BCUT2D eigenvalue weighted by Crippen LogP contribution is 2.30. The van der Waals surface area contributed by atoms with Gasteiger partial charge in [-0.25, -0.2) is 8.42 Å². The number of sulfonamides is 1. The first kappa shape index (κ1) is 25.2. The Morgan fingerprint density at radius 2 is 1.59 bits per heavy atom. The fraction of sp³-hybridized carbons (Fsp3) is 0.208. The molecule has 0 bridgehead atoms. The maximum Gasteiger partial charge on any atom is 0.261 e. The van der Waals surface area contributed by atoms with Crippen molar-refractivity contribution >= 4 is 33.2 Å². The lowest BCUT2D eigenvalue weighted by molar-refractivity contribution is -0.123. The summed E-state index contributed by atoms with van der Waals surface area (Å²) in [6.07, 6.45) is 0. The van der Waals surface area contributed by atoms with Gasteiger partial charge in [-0.3, -0.25) is 9.52 Å². The lowest BCUT2D eigenvalue weighted by Gasteiger charge is -2.17. The number of rotatable bonds is 10. The third kappa shape index (κ3) is 6.55. The molecule has 0 unspecified atom stereocenters. The van der Waals surface area contributed by atoms with Crippen LogP contribution >= 0.6 is 11.6 Å². The van der Waals surface area contributed by atoms with Crippen molar-refractivity contribution in [1.29, 1.82) is 0 Å². The van der Waals surface area contributed by atoms with E-state index in [1.807, 2.05) is 13.0 Å². The Morgan fingerprint density at radius 1 is 0.941 bits per heavy atom. The zero-order chi connectivity index (χ0) is 24.7. The van der Waals surface area contributed by atoms with Gasteiger partial charge in [0.25, 0.3) is 15.9 Å². The molecule has 0 saturated carbocycles. The predicted molar refractivity (Wildman–Crippen MR) is 130 cm³/mol. The third-order valence-corrected chi connectivity index (χ3v) is 6.53. The van der Waals surface area contributed by atoms with E-state index >= 15 is 0 Å². The molecule has 0 fully saturated rings. The second kappa shape index (κ2) is 11.1. The second-order valence-electron chi connectivity index (χ2n) is 7.28. The van der Waals surface area contributed by atoms with Gasteiger partial charge in [0.2, 0.25) is 0 Å². The van der Waals surface area contributed by atoms with E-state index in [-0.39, 0.29) is 23.5 Å². The van der Waals surface area contributed by atoms with Gasteiger partial charge >= 0.3 is 0 Å². The van der Waals surface area contributed by atoms with Crippen LogP contribution in [-0.4, -0.2) is 35.2 Å². The summed E-state index contributed by atoms with van der Waals surface area (Å²) in [5.74, 6) is 1.20. The Labute approximate surface area is 203 Å². The highest BCUT2D eigenvalue weighted by molar-refractivity contribution is 7.92. The summed E-state index contributed by atoms with van der Waals surface area (Å²) < 4.78 is 43.6. The van der Waals surface area contributed by atoms with Gasteiger partial charge in [-0.2, -0.15) is 0 Å². The summed E-state index contributed by atoms with van der Waals surface area (Å²) in [6, 6.07) is 17.2. The first-order valence-electron chi connectivity index (χ1n) is 10.2. The molecule has 2 N–H and O–H groups in total. The Morgan fingerprint density at radius 3 is 2.21 bits per heavy atom. The van der Waals surface area contributed by atoms with Crippen LogP contribution in [0.25, 0.3) is 0 Å². The first-order valence-corrected chi connectivity index (χ1v) is 12.1. The number of amides is 1. The molecule has 10 heteroatoms. The second-order valence-corrected chi connectivity index (χ2v) is 9.39. The van der Waals surface area contributed by atoms with Crippen molar-refractivity contribution in [1.82, 2.24) is 5.32 Å². The Balaban J connectivity index is 1.55. The van der Waals surface area contributed by atoms with Crippen LogP contribution in [0.4, 0.5) is 5.69 Å². The molecule has 0 aliphatic heterocycles. The molecule has 0 aliphatic rings. The van der Waals surface area contributed by atoms with E-state index in [9.17, 15) is 13.2 Å². The van der Waals surface area contributed by atoms with E-state index in [0.717, 1.165) is 5.56 Å². The number of nitrogens with one attached hydrogen (secondary N) is 2. The number of carbonyl (C=O) groups is 1. The van der Waals surface area contributed by atoms with Gasteiger partial charge in [-0.15, -0.1) is 0 Å². The van der Waals surface area contributed by atoms with Crippen LogP contribution in [0, 0.1) is 0 Å². The monoisotopic (exact) mass is 504 g/mol. The van der Waals surface area contributed by atoms with Crippen LogP contribution < -0.4 is 24.2 Å². The van der Waals surface area contributed by atoms with Crippen molar-refractivity contribution in [3.8, 4) is 17.2 Å². The Bertz CT molecular complexity index is 1230. The highest BCUT2D eigenvalue weighted by Gasteiger charge is 2.16. The Hall–Kier alpha value is -3.43. The average Bonchev–Trinajstić information content (AvgIpc) is 2.83. The number of benzene rings is 3. The summed E-state index contributed by atoms with van der Waals surface area (Å²) in [7, 11) is -0.680. The highest BCUT2D eigenvalue weighted by atomic mass is 35.5. The smallest absolute Gasteiger partial charge is 0.261 e. The molecule has 34 heavy (non-hydrogen) atoms. The fourth-order valence-electron chi connectivity index (χ4n) is 3.08. The van der Waals surface area contributed by atoms with Gasteiger partial charge in [0.15, 0.2) is 18.1 Å². The van der Waals surface area contributed by atoms with Crippen LogP contribution in [-0.2, 0) is 14.8 Å². The number of anilines is 1. The van der Waals surface area contributed by atoms with Crippen LogP contribution in [0.5, 0.6) is 17.2 Å². The Kier molecular flexibility index (Phi) is 8.25. The molecule has 0 aliphatic carbocycles. The first-order chi connectivity index (χ1) is 16.2. The van der Waals surface area contributed by atoms with Crippen molar-refractivity contribution in [3.63, 3.8) is 0 Å². The van der Waals surface area contributed by atoms with Crippen LogP contribution in [0.15, 0.2) is 71.6 Å². The number of halogens is 1. The summed E-state index contributed by atoms with van der Waals surface area (Å²) in [4.78, 5) is 12.4.